The Hall–Kier alpha value is -3.73. The van der Waals surface area contributed by atoms with Gasteiger partial charge in [-0.15, -0.1) is 5.10 Å². The van der Waals surface area contributed by atoms with Crippen LogP contribution in [0.25, 0.3) is 11.0 Å². The van der Waals surface area contributed by atoms with Crippen LogP contribution in [0.1, 0.15) is 26.6 Å². The van der Waals surface area contributed by atoms with Crippen molar-refractivity contribution < 1.29 is 27.2 Å². The predicted molar refractivity (Wildman–Crippen MR) is 103 cm³/mol. The fourth-order valence-electron chi connectivity index (χ4n) is 2.73. The molecule has 0 fully saturated rings. The van der Waals surface area contributed by atoms with Crippen LogP contribution in [0.15, 0.2) is 58.3 Å². The summed E-state index contributed by atoms with van der Waals surface area (Å²) in [5.41, 5.74) is -0.535. The van der Waals surface area contributed by atoms with E-state index in [1.807, 2.05) is 0 Å². The average Bonchev–Trinajstić information content (AvgIpc) is 3.36. The third-order valence-electron chi connectivity index (χ3n) is 4.08. The first kappa shape index (κ1) is 19.6. The van der Waals surface area contributed by atoms with E-state index in [0.717, 1.165) is 23.7 Å². The van der Waals surface area contributed by atoms with E-state index in [1.54, 1.807) is 24.3 Å². The molecule has 0 saturated carbocycles. The second-order valence-corrected chi connectivity index (χ2v) is 6.69. The van der Waals surface area contributed by atoms with Crippen molar-refractivity contribution in [3.8, 4) is 0 Å². The van der Waals surface area contributed by atoms with Crippen molar-refractivity contribution in [2.75, 3.05) is 10.6 Å². The quantitative estimate of drug-likeness (QED) is 0.483. The molecule has 152 valence electrons. The summed E-state index contributed by atoms with van der Waals surface area (Å²) in [7, 11) is 0. The van der Waals surface area contributed by atoms with Gasteiger partial charge in [-0.3, -0.25) is 9.59 Å². The zero-order chi connectivity index (χ0) is 21.3. The number of rotatable bonds is 4. The van der Waals surface area contributed by atoms with Crippen LogP contribution in [-0.2, 0) is 6.18 Å². The van der Waals surface area contributed by atoms with Gasteiger partial charge in [0.2, 0.25) is 5.76 Å². The fraction of sp³-hybridized carbons (Fsp3) is 0.0526. The van der Waals surface area contributed by atoms with E-state index in [1.165, 1.54) is 17.5 Å². The molecule has 0 atom stereocenters. The first-order valence-electron chi connectivity index (χ1n) is 8.41. The maximum absolute atomic E-state index is 12.9. The summed E-state index contributed by atoms with van der Waals surface area (Å²) in [5.74, 6) is -1.69. The molecule has 0 bridgehead atoms. The summed E-state index contributed by atoms with van der Waals surface area (Å²) in [6, 6.07) is 10.8. The van der Waals surface area contributed by atoms with Crippen LogP contribution in [0.4, 0.5) is 24.5 Å². The summed E-state index contributed by atoms with van der Waals surface area (Å²) in [6.45, 7) is 0. The van der Waals surface area contributed by atoms with E-state index in [4.69, 9.17) is 4.42 Å². The minimum atomic E-state index is -4.55. The first-order valence-corrected chi connectivity index (χ1v) is 9.25. The van der Waals surface area contributed by atoms with E-state index in [-0.39, 0.29) is 22.8 Å². The van der Waals surface area contributed by atoms with Gasteiger partial charge in [-0.25, -0.2) is 0 Å². The average molecular weight is 432 g/mol. The van der Waals surface area contributed by atoms with Crippen molar-refractivity contribution >= 4 is 45.7 Å². The maximum Gasteiger partial charge on any atom is 0.416 e. The number of hydrogen-bond acceptors (Lipinski definition) is 6. The minimum absolute atomic E-state index is 0.0505. The second-order valence-electron chi connectivity index (χ2n) is 6.08. The maximum atomic E-state index is 12.9. The van der Waals surface area contributed by atoms with Gasteiger partial charge in [0.05, 0.1) is 5.56 Å². The van der Waals surface area contributed by atoms with Crippen LogP contribution in [0.5, 0.6) is 0 Å². The highest BCUT2D eigenvalue weighted by Crippen LogP contribution is 2.33. The molecule has 7 nitrogen and oxygen atoms in total. The molecule has 2 heterocycles. The normalized spacial score (nSPS) is 11.4. The molecular weight excluding hydrogens is 421 g/mol. The summed E-state index contributed by atoms with van der Waals surface area (Å²) in [5, 5.41) is 10.5. The van der Waals surface area contributed by atoms with Gasteiger partial charge in [0.25, 0.3) is 11.8 Å². The van der Waals surface area contributed by atoms with Crippen LogP contribution in [0.2, 0.25) is 0 Å². The topological polar surface area (TPSA) is 97.1 Å². The number of alkyl halides is 3. The molecule has 30 heavy (non-hydrogen) atoms. The number of carbonyl (C=O) groups is 2. The number of nitrogens with one attached hydrogen (secondary N) is 2. The Kier molecular flexibility index (Phi) is 4.96. The fourth-order valence-corrected chi connectivity index (χ4v) is 3.17. The number of benzene rings is 2. The molecule has 0 aliphatic rings. The third kappa shape index (κ3) is 3.87. The molecule has 0 saturated heterocycles. The summed E-state index contributed by atoms with van der Waals surface area (Å²) < 4.78 is 47.9. The smallest absolute Gasteiger partial charge is 0.416 e. The number of para-hydroxylation sites is 1. The lowest BCUT2D eigenvalue weighted by atomic mass is 10.2. The van der Waals surface area contributed by atoms with Crippen molar-refractivity contribution in [3.63, 3.8) is 0 Å². The molecule has 2 aromatic heterocycles. The molecule has 2 amide bonds. The van der Waals surface area contributed by atoms with Crippen molar-refractivity contribution in [2.45, 2.75) is 6.18 Å². The lowest BCUT2D eigenvalue weighted by Crippen LogP contribution is -2.17. The highest BCUT2D eigenvalue weighted by Gasteiger charge is 2.31. The lowest BCUT2D eigenvalue weighted by molar-refractivity contribution is -0.137. The number of halogens is 3. The highest BCUT2D eigenvalue weighted by molar-refractivity contribution is 7.03. The SMILES string of the molecule is O=C(Nc1c(C(=O)Nc2cccc(C(F)(F)F)c2)oc2ccccc12)c1csnn1. The molecular formula is C19H11F3N4O3S. The largest absolute Gasteiger partial charge is 0.449 e. The predicted octanol–water partition coefficient (Wildman–Crippen LogP) is 4.81. The van der Waals surface area contributed by atoms with Crippen molar-refractivity contribution in [3.05, 3.63) is 70.9 Å². The summed E-state index contributed by atoms with van der Waals surface area (Å²) >= 11 is 0.983. The molecule has 2 N–H and O–H groups in total. The van der Waals surface area contributed by atoms with E-state index in [9.17, 15) is 22.8 Å². The summed E-state index contributed by atoms with van der Waals surface area (Å²) in [4.78, 5) is 25.2. The monoisotopic (exact) mass is 432 g/mol. The standard InChI is InChI=1S/C19H11F3N4O3S/c20-19(21,22)10-4-3-5-11(8-10)23-18(28)16-15(12-6-1-2-7-14(12)29-16)24-17(27)13-9-30-26-25-13/h1-9H,(H,23,28)(H,24,27). The van der Waals surface area contributed by atoms with Gasteiger partial charge in [-0.2, -0.15) is 13.2 Å². The van der Waals surface area contributed by atoms with Crippen LogP contribution in [0, 0.1) is 0 Å². The number of hydrogen-bond donors (Lipinski definition) is 2. The number of aromatic nitrogens is 2. The summed E-state index contributed by atoms with van der Waals surface area (Å²) in [6.07, 6.45) is -4.55. The van der Waals surface area contributed by atoms with E-state index < -0.39 is 23.6 Å². The van der Waals surface area contributed by atoms with Gasteiger partial charge in [0.15, 0.2) is 5.69 Å². The molecule has 4 aromatic rings. The molecule has 2 aromatic carbocycles. The Labute approximate surface area is 170 Å². The Bertz CT molecular complexity index is 1240. The second kappa shape index (κ2) is 7.59. The third-order valence-corrected chi connectivity index (χ3v) is 4.59. The van der Waals surface area contributed by atoms with Crippen LogP contribution >= 0.6 is 11.5 Å². The number of fused-ring (bicyclic) bond motifs is 1. The van der Waals surface area contributed by atoms with Crippen LogP contribution in [0.3, 0.4) is 0 Å². The molecule has 4 rings (SSSR count). The van der Waals surface area contributed by atoms with E-state index in [2.05, 4.69) is 20.2 Å². The molecule has 0 radical (unpaired) electrons. The van der Waals surface area contributed by atoms with Gasteiger partial charge in [0, 0.05) is 16.5 Å². The van der Waals surface area contributed by atoms with E-state index >= 15 is 0 Å². The Morgan fingerprint density at radius 2 is 1.80 bits per heavy atom. The van der Waals surface area contributed by atoms with Crippen molar-refractivity contribution in [1.82, 2.24) is 9.59 Å². The van der Waals surface area contributed by atoms with Gasteiger partial charge in [0.1, 0.15) is 11.3 Å². The molecule has 0 spiro atoms. The zero-order valence-electron chi connectivity index (χ0n) is 14.9. The molecule has 0 unspecified atom stereocenters. The number of amides is 2. The number of furan rings is 1. The van der Waals surface area contributed by atoms with Gasteiger partial charge in [-0.05, 0) is 41.9 Å². The first-order chi connectivity index (χ1) is 14.3. The highest BCUT2D eigenvalue weighted by atomic mass is 32.1. The van der Waals surface area contributed by atoms with Crippen molar-refractivity contribution in [2.24, 2.45) is 0 Å². The Morgan fingerprint density at radius 1 is 1.00 bits per heavy atom. The minimum Gasteiger partial charge on any atom is -0.449 e. The van der Waals surface area contributed by atoms with Crippen LogP contribution in [-0.4, -0.2) is 21.4 Å². The Morgan fingerprint density at radius 3 is 2.53 bits per heavy atom. The Balaban J connectivity index is 1.68. The molecule has 11 heteroatoms. The zero-order valence-corrected chi connectivity index (χ0v) is 15.7. The van der Waals surface area contributed by atoms with Crippen molar-refractivity contribution in [1.29, 1.82) is 0 Å². The van der Waals surface area contributed by atoms with E-state index in [0.29, 0.717) is 11.0 Å². The molecule has 0 aliphatic heterocycles. The van der Waals surface area contributed by atoms with Gasteiger partial charge < -0.3 is 15.1 Å². The molecule has 0 aliphatic carbocycles. The van der Waals surface area contributed by atoms with Gasteiger partial charge >= 0.3 is 6.18 Å². The lowest BCUT2D eigenvalue weighted by Gasteiger charge is -2.10. The van der Waals surface area contributed by atoms with Gasteiger partial charge in [-0.1, -0.05) is 22.7 Å². The number of anilines is 2. The number of nitrogens with zero attached hydrogens (tertiary/aromatic N) is 2. The van der Waals surface area contributed by atoms with Crippen LogP contribution < -0.4 is 10.6 Å². The number of carbonyl (C=O) groups excluding carboxylic acids is 2.